The number of ether oxygens (including phenoxy) is 1. The summed E-state index contributed by atoms with van der Waals surface area (Å²) in [6.07, 6.45) is 8.77. The Morgan fingerprint density at radius 1 is 0.938 bits per heavy atom. The van der Waals surface area contributed by atoms with E-state index in [1.165, 1.54) is 5.69 Å². The second-order valence-electron chi connectivity index (χ2n) is 7.66. The molecule has 32 heavy (non-hydrogen) atoms. The summed E-state index contributed by atoms with van der Waals surface area (Å²) < 4.78 is 5.54. The molecule has 1 fully saturated rings. The zero-order valence-electron chi connectivity index (χ0n) is 17.3. The van der Waals surface area contributed by atoms with E-state index in [0.29, 0.717) is 11.8 Å². The Bertz CT molecular complexity index is 1290. The van der Waals surface area contributed by atoms with Crippen LogP contribution in [0.3, 0.4) is 0 Å². The highest BCUT2D eigenvalue weighted by Crippen LogP contribution is 2.32. The van der Waals surface area contributed by atoms with Crippen molar-refractivity contribution in [1.82, 2.24) is 14.6 Å². The van der Waals surface area contributed by atoms with Gasteiger partial charge in [0, 0.05) is 49.0 Å². The van der Waals surface area contributed by atoms with Crippen LogP contribution in [0, 0.1) is 0 Å². The minimum Gasteiger partial charge on any atom is -0.378 e. The molecule has 1 atom stereocenters. The number of nitrogens with zero attached hydrogens (tertiary/aromatic N) is 7. The molecule has 0 amide bonds. The molecule has 6 rings (SSSR count). The molecule has 0 radical (unpaired) electrons. The molecule has 158 valence electrons. The van der Waals surface area contributed by atoms with Crippen molar-refractivity contribution in [2.24, 2.45) is 15.1 Å². The van der Waals surface area contributed by atoms with Gasteiger partial charge in [-0.1, -0.05) is 4.59 Å². The van der Waals surface area contributed by atoms with Gasteiger partial charge in [0.05, 0.1) is 30.4 Å². The minimum atomic E-state index is 0.101. The molecule has 0 aliphatic carbocycles. The van der Waals surface area contributed by atoms with Crippen LogP contribution in [0.25, 0.3) is 11.0 Å². The number of rotatable bonds is 3. The summed E-state index contributed by atoms with van der Waals surface area (Å²) >= 11 is 0. The van der Waals surface area contributed by atoms with Gasteiger partial charge < -0.3 is 15.0 Å². The zero-order chi connectivity index (χ0) is 21.4. The molecule has 1 N–H and O–H groups in total. The monoisotopic (exact) mass is 425 g/mol. The van der Waals surface area contributed by atoms with Crippen molar-refractivity contribution >= 4 is 46.1 Å². The number of quaternary nitrogens is 1. The van der Waals surface area contributed by atoms with Crippen molar-refractivity contribution < 1.29 is 4.74 Å². The number of nitrogens with one attached hydrogen (secondary N) is 1. The highest BCUT2D eigenvalue weighted by molar-refractivity contribution is 6.38. The fraction of sp³-hybridized carbons (Fsp3) is 0.174. The first-order valence-electron chi connectivity index (χ1n) is 10.5. The molecule has 3 aromatic rings. The van der Waals surface area contributed by atoms with Crippen molar-refractivity contribution in [1.29, 1.82) is 0 Å². The van der Waals surface area contributed by atoms with Crippen molar-refractivity contribution in [3.05, 3.63) is 67.3 Å². The molecule has 4 heterocycles. The third kappa shape index (κ3) is 3.24. The van der Waals surface area contributed by atoms with Gasteiger partial charge in [-0.25, -0.2) is 0 Å². The normalized spacial score (nSPS) is 21.9. The number of aromatic nitrogens is 2. The van der Waals surface area contributed by atoms with Gasteiger partial charge in [0.2, 0.25) is 0 Å². The van der Waals surface area contributed by atoms with Crippen molar-refractivity contribution in [2.45, 2.75) is 0 Å². The number of hydrogen-bond donors (Lipinski definition) is 1. The molecule has 1 aromatic heterocycles. The lowest BCUT2D eigenvalue weighted by molar-refractivity contribution is 0.122. The van der Waals surface area contributed by atoms with Crippen LogP contribution in [-0.4, -0.2) is 54.3 Å². The molecule has 9 heteroatoms. The number of benzene rings is 2. The fourth-order valence-corrected chi connectivity index (χ4v) is 4.08. The second-order valence-corrected chi connectivity index (χ2v) is 7.66. The molecule has 0 saturated carbocycles. The highest BCUT2D eigenvalue weighted by atomic mass is 16.5. The highest BCUT2D eigenvalue weighted by Gasteiger charge is 2.43. The first kappa shape index (κ1) is 18.8. The minimum absolute atomic E-state index is 0.101. The van der Waals surface area contributed by atoms with Gasteiger partial charge in [0.15, 0.2) is 11.9 Å². The maximum absolute atomic E-state index is 5.44. The summed E-state index contributed by atoms with van der Waals surface area (Å²) in [4.78, 5) is 20.1. The number of morpholine rings is 1. The van der Waals surface area contributed by atoms with Crippen LogP contribution in [-0.2, 0) is 4.74 Å². The third-order valence-corrected chi connectivity index (χ3v) is 5.73. The van der Waals surface area contributed by atoms with Crippen molar-refractivity contribution in [3.8, 4) is 0 Å². The maximum atomic E-state index is 5.44. The largest absolute Gasteiger partial charge is 0.378 e. The molecule has 1 saturated heterocycles. The van der Waals surface area contributed by atoms with Gasteiger partial charge in [-0.05, 0) is 35.4 Å². The van der Waals surface area contributed by atoms with Gasteiger partial charge in [-0.3, -0.25) is 15.0 Å². The summed E-state index contributed by atoms with van der Waals surface area (Å²) in [6, 6.07) is 14.3. The van der Waals surface area contributed by atoms with E-state index in [4.69, 9.17) is 14.8 Å². The number of aliphatic imine (C=N–C) groups is 2. The van der Waals surface area contributed by atoms with Crippen LogP contribution < -0.4 is 14.8 Å². The topological polar surface area (TPSA) is 87.4 Å². The van der Waals surface area contributed by atoms with Gasteiger partial charge in [0.25, 0.3) is 11.8 Å². The van der Waals surface area contributed by atoms with E-state index in [1.807, 2.05) is 36.5 Å². The van der Waals surface area contributed by atoms with E-state index in [-0.39, 0.29) is 4.59 Å². The van der Waals surface area contributed by atoms with Gasteiger partial charge in [0.1, 0.15) is 6.21 Å². The molecule has 0 bridgehead atoms. The summed E-state index contributed by atoms with van der Waals surface area (Å²) in [5, 5.41) is 8.25. The summed E-state index contributed by atoms with van der Waals surface area (Å²) in [7, 11) is 0. The van der Waals surface area contributed by atoms with E-state index in [0.717, 1.165) is 48.7 Å². The first-order valence-corrected chi connectivity index (χ1v) is 10.5. The van der Waals surface area contributed by atoms with Crippen molar-refractivity contribution in [3.63, 3.8) is 0 Å². The van der Waals surface area contributed by atoms with E-state index >= 15 is 0 Å². The van der Waals surface area contributed by atoms with Crippen LogP contribution in [0.4, 0.5) is 17.1 Å². The van der Waals surface area contributed by atoms with E-state index in [9.17, 15) is 0 Å². The molecule has 0 spiro atoms. The smallest absolute Gasteiger partial charge is 0.287 e. The quantitative estimate of drug-likeness (QED) is 0.652. The van der Waals surface area contributed by atoms with E-state index in [1.54, 1.807) is 24.8 Å². The van der Waals surface area contributed by atoms with Gasteiger partial charge in [-0.15, -0.1) is 0 Å². The molecule has 9 nitrogen and oxygen atoms in total. The predicted molar refractivity (Wildman–Crippen MR) is 127 cm³/mol. The first-order chi connectivity index (χ1) is 15.8. The molecule has 2 aromatic carbocycles. The molecular weight excluding hydrogens is 404 g/mol. The molecule has 3 aliphatic heterocycles. The predicted octanol–water partition coefficient (Wildman–Crippen LogP) is 3.12. The number of fused-ring (bicyclic) bond motifs is 2. The van der Waals surface area contributed by atoms with Crippen LogP contribution in [0.5, 0.6) is 0 Å². The van der Waals surface area contributed by atoms with Crippen molar-refractivity contribution in [2.75, 3.05) is 36.5 Å². The average Bonchev–Trinajstić information content (AvgIpc) is 3.24. The number of amidine groups is 1. The number of hydrogen-bond acceptors (Lipinski definition) is 8. The summed E-state index contributed by atoms with van der Waals surface area (Å²) in [5.41, 5.74) is 4.67. The summed E-state index contributed by atoms with van der Waals surface area (Å²) in [6.45, 7) is 3.36. The van der Waals surface area contributed by atoms with Crippen LogP contribution in [0.2, 0.25) is 0 Å². The Kier molecular flexibility index (Phi) is 4.48. The fourth-order valence-electron chi connectivity index (χ4n) is 4.08. The Morgan fingerprint density at radius 3 is 2.59 bits per heavy atom. The van der Waals surface area contributed by atoms with Crippen LogP contribution in [0.15, 0.2) is 82.3 Å². The number of anilines is 2. The lowest BCUT2D eigenvalue weighted by Gasteiger charge is -2.28. The third-order valence-electron chi connectivity index (χ3n) is 5.73. The molecular formula is C23H21N8O+. The maximum Gasteiger partial charge on any atom is 0.287 e. The SMILES string of the molecule is C1=C[N+]2(c3ccc4nccnc4c3)N=C(Nc3ccc(N4CCOCC4)cc3)N=C2C=N1. The van der Waals surface area contributed by atoms with Crippen LogP contribution in [0.1, 0.15) is 0 Å². The lowest BCUT2D eigenvalue weighted by Crippen LogP contribution is -2.44. The summed E-state index contributed by atoms with van der Waals surface area (Å²) in [5.74, 6) is 1.24. The van der Waals surface area contributed by atoms with Gasteiger partial charge in [-0.2, -0.15) is 4.99 Å². The lowest BCUT2D eigenvalue weighted by atomic mass is 10.2. The average molecular weight is 425 g/mol. The van der Waals surface area contributed by atoms with E-state index in [2.05, 4.69) is 37.3 Å². The second kappa shape index (κ2) is 7.63. The molecule has 1 unspecified atom stereocenters. The standard InChI is InChI=1S/C23H21N8O/c1-3-18(30-10-13-32-14-11-30)4-2-17(1)27-23-28-22-16-24-9-12-31(22,29-23)19-5-6-20-21(15-19)26-8-7-25-20/h1-9,12,15-16H,10-11,13-14H2,(H,27,29)/q+1. The Hall–Kier alpha value is -3.95. The number of guanidine groups is 1. The molecule has 3 aliphatic rings. The van der Waals surface area contributed by atoms with E-state index < -0.39 is 0 Å². The van der Waals surface area contributed by atoms with Crippen LogP contribution >= 0.6 is 0 Å². The Morgan fingerprint density at radius 2 is 1.75 bits per heavy atom. The zero-order valence-corrected chi connectivity index (χ0v) is 17.3. The Labute approximate surface area is 184 Å². The van der Waals surface area contributed by atoms with Gasteiger partial charge >= 0.3 is 0 Å². The Balaban J connectivity index is 1.30.